The van der Waals surface area contributed by atoms with E-state index in [1.807, 2.05) is 19.9 Å². The zero-order valence-electron chi connectivity index (χ0n) is 11.7. The monoisotopic (exact) mass is 315 g/mol. The highest BCUT2D eigenvalue weighted by molar-refractivity contribution is 6.33. The summed E-state index contributed by atoms with van der Waals surface area (Å²) in [5, 5.41) is 9.04. The molecule has 0 spiro atoms. The first-order valence-electron chi connectivity index (χ1n) is 6.35. The third-order valence-electron chi connectivity index (χ3n) is 3.22. The summed E-state index contributed by atoms with van der Waals surface area (Å²) < 4.78 is 40.0. The molecule has 0 aliphatic heterocycles. The molecule has 0 amide bonds. The van der Waals surface area contributed by atoms with E-state index in [9.17, 15) is 13.2 Å². The first-order chi connectivity index (χ1) is 9.66. The lowest BCUT2D eigenvalue weighted by molar-refractivity contribution is -0.137. The topological polar surface area (TPSA) is 41.1 Å². The highest BCUT2D eigenvalue weighted by Gasteiger charge is 2.33. The van der Waals surface area contributed by atoms with Crippen molar-refractivity contribution in [2.75, 3.05) is 0 Å². The molecule has 112 valence electrons. The van der Waals surface area contributed by atoms with Crippen LogP contribution in [-0.2, 0) is 6.18 Å². The Bertz CT molecular complexity index is 726. The lowest BCUT2D eigenvalue weighted by Crippen LogP contribution is -2.08. The molecule has 0 bridgehead atoms. The van der Waals surface area contributed by atoms with Crippen LogP contribution in [-0.4, -0.2) is 9.38 Å². The Balaban J connectivity index is 2.86. The van der Waals surface area contributed by atoms with Gasteiger partial charge >= 0.3 is 6.18 Å². The summed E-state index contributed by atoms with van der Waals surface area (Å²) in [4.78, 5) is 4.32. The van der Waals surface area contributed by atoms with Crippen LogP contribution in [0.5, 0.6) is 0 Å². The Morgan fingerprint density at radius 1 is 1.33 bits per heavy atom. The number of pyridine rings is 1. The van der Waals surface area contributed by atoms with Gasteiger partial charge in [-0.05, 0) is 18.9 Å². The number of alkyl halides is 3. The molecule has 0 saturated carbocycles. The van der Waals surface area contributed by atoms with Crippen molar-refractivity contribution < 1.29 is 13.2 Å². The van der Waals surface area contributed by atoms with Gasteiger partial charge in [-0.1, -0.05) is 25.4 Å². The van der Waals surface area contributed by atoms with Crippen molar-refractivity contribution in [1.82, 2.24) is 9.38 Å². The lowest BCUT2D eigenvalue weighted by Gasteiger charge is -2.11. The molecule has 0 N–H and O–H groups in total. The first-order valence-corrected chi connectivity index (χ1v) is 6.72. The second kappa shape index (κ2) is 5.23. The molecule has 0 aromatic carbocycles. The van der Waals surface area contributed by atoms with Gasteiger partial charge in [0.1, 0.15) is 0 Å². The van der Waals surface area contributed by atoms with Crippen LogP contribution in [0.4, 0.5) is 13.2 Å². The van der Waals surface area contributed by atoms with Crippen LogP contribution >= 0.6 is 11.6 Å². The van der Waals surface area contributed by atoms with E-state index in [1.165, 1.54) is 4.40 Å². The molecule has 0 aliphatic rings. The first kappa shape index (κ1) is 15.6. The average molecular weight is 316 g/mol. The fourth-order valence-electron chi connectivity index (χ4n) is 2.21. The molecule has 2 aromatic rings. The van der Waals surface area contributed by atoms with E-state index >= 15 is 0 Å². The van der Waals surface area contributed by atoms with E-state index < -0.39 is 17.7 Å². The van der Waals surface area contributed by atoms with E-state index in [0.29, 0.717) is 11.4 Å². The van der Waals surface area contributed by atoms with Gasteiger partial charge < -0.3 is 4.40 Å². The van der Waals surface area contributed by atoms with E-state index in [4.69, 9.17) is 16.9 Å². The summed E-state index contributed by atoms with van der Waals surface area (Å²) >= 11 is 5.94. The summed E-state index contributed by atoms with van der Waals surface area (Å²) in [6.07, 6.45) is -3.56. The number of aromatic nitrogens is 2. The normalized spacial score (nSPS) is 13.7. The van der Waals surface area contributed by atoms with Gasteiger partial charge in [-0.25, -0.2) is 4.98 Å². The van der Waals surface area contributed by atoms with Crippen LogP contribution in [0.25, 0.3) is 5.65 Å². The van der Waals surface area contributed by atoms with E-state index in [1.54, 1.807) is 6.92 Å². The molecule has 1 atom stereocenters. The number of fused-ring (bicyclic) bond motifs is 1. The van der Waals surface area contributed by atoms with E-state index in [0.717, 1.165) is 12.3 Å². The molecule has 1 unspecified atom stereocenters. The van der Waals surface area contributed by atoms with Crippen molar-refractivity contribution in [2.24, 2.45) is 0 Å². The zero-order valence-corrected chi connectivity index (χ0v) is 12.4. The standard InChI is InChI=1S/C14H13ClF3N3/c1-7(2)11-12(8(3)5-19)21-6-9(14(16,17)18)4-10(15)13(21)20-11/h4,6-8H,1-3H3. The Morgan fingerprint density at radius 2 is 1.95 bits per heavy atom. The summed E-state index contributed by atoms with van der Waals surface area (Å²) in [6, 6.07) is 2.90. The van der Waals surface area contributed by atoms with Gasteiger partial charge in [0, 0.05) is 6.20 Å². The molecule has 2 heterocycles. The summed E-state index contributed by atoms with van der Waals surface area (Å²) in [7, 11) is 0. The second-order valence-corrected chi connectivity index (χ2v) is 5.56. The number of halogens is 4. The van der Waals surface area contributed by atoms with Crippen LogP contribution in [0.15, 0.2) is 12.3 Å². The fraction of sp³-hybridized carbons (Fsp3) is 0.429. The molecular formula is C14H13ClF3N3. The van der Waals surface area contributed by atoms with E-state index in [-0.39, 0.29) is 16.6 Å². The zero-order chi connectivity index (χ0) is 15.9. The number of nitrogens with zero attached hydrogens (tertiary/aromatic N) is 3. The Hall–Kier alpha value is -1.74. The largest absolute Gasteiger partial charge is 0.417 e. The van der Waals surface area contributed by atoms with Crippen molar-refractivity contribution in [2.45, 2.75) is 38.8 Å². The fourth-order valence-corrected chi connectivity index (χ4v) is 2.46. The third kappa shape index (κ3) is 2.70. The van der Waals surface area contributed by atoms with Crippen molar-refractivity contribution in [3.63, 3.8) is 0 Å². The summed E-state index contributed by atoms with van der Waals surface area (Å²) in [5.74, 6) is -0.613. The van der Waals surface area contributed by atoms with Crippen LogP contribution < -0.4 is 0 Å². The minimum atomic E-state index is -4.51. The lowest BCUT2D eigenvalue weighted by atomic mass is 10.0. The van der Waals surface area contributed by atoms with Crippen molar-refractivity contribution in [3.8, 4) is 6.07 Å². The van der Waals surface area contributed by atoms with Crippen LogP contribution in [0, 0.1) is 11.3 Å². The van der Waals surface area contributed by atoms with Gasteiger partial charge in [-0.15, -0.1) is 0 Å². The SMILES string of the molecule is CC(C)c1nc2c(Cl)cc(C(F)(F)F)cn2c1C(C)C#N. The third-order valence-corrected chi connectivity index (χ3v) is 3.50. The predicted molar refractivity (Wildman–Crippen MR) is 73.3 cm³/mol. The molecule has 2 aromatic heterocycles. The van der Waals surface area contributed by atoms with E-state index in [2.05, 4.69) is 4.98 Å². The van der Waals surface area contributed by atoms with Gasteiger partial charge in [0.25, 0.3) is 0 Å². The highest BCUT2D eigenvalue weighted by atomic mass is 35.5. The van der Waals surface area contributed by atoms with Gasteiger partial charge in [0.2, 0.25) is 0 Å². The molecule has 2 rings (SSSR count). The molecule has 3 nitrogen and oxygen atoms in total. The van der Waals surface area contributed by atoms with Crippen molar-refractivity contribution >= 4 is 17.2 Å². The summed E-state index contributed by atoms with van der Waals surface area (Å²) in [6.45, 7) is 5.37. The average Bonchev–Trinajstić information content (AvgIpc) is 2.77. The Labute approximate surface area is 125 Å². The quantitative estimate of drug-likeness (QED) is 0.802. The van der Waals surface area contributed by atoms with Crippen molar-refractivity contribution in [1.29, 1.82) is 5.26 Å². The molecular weight excluding hydrogens is 303 g/mol. The van der Waals surface area contributed by atoms with Gasteiger partial charge in [-0.2, -0.15) is 18.4 Å². The smallest absolute Gasteiger partial charge is 0.301 e. The highest BCUT2D eigenvalue weighted by Crippen LogP contribution is 2.35. The minimum Gasteiger partial charge on any atom is -0.301 e. The minimum absolute atomic E-state index is 0.0268. The van der Waals surface area contributed by atoms with Crippen LogP contribution in [0.2, 0.25) is 5.02 Å². The van der Waals surface area contributed by atoms with Gasteiger partial charge in [0.15, 0.2) is 5.65 Å². The predicted octanol–water partition coefficient (Wildman–Crippen LogP) is 4.76. The maximum absolute atomic E-state index is 12.9. The number of nitriles is 1. The van der Waals surface area contributed by atoms with Crippen LogP contribution in [0.1, 0.15) is 49.6 Å². The number of hydrogen-bond donors (Lipinski definition) is 0. The number of hydrogen-bond acceptors (Lipinski definition) is 2. The summed E-state index contributed by atoms with van der Waals surface area (Å²) in [5.41, 5.74) is 0.422. The van der Waals surface area contributed by atoms with Crippen LogP contribution in [0.3, 0.4) is 0 Å². The molecule has 0 radical (unpaired) electrons. The molecule has 0 fully saturated rings. The second-order valence-electron chi connectivity index (χ2n) is 5.16. The number of imidazole rings is 1. The van der Waals surface area contributed by atoms with Gasteiger partial charge in [0.05, 0.1) is 34.0 Å². The molecule has 0 saturated heterocycles. The molecule has 0 aliphatic carbocycles. The maximum Gasteiger partial charge on any atom is 0.417 e. The maximum atomic E-state index is 12.9. The van der Waals surface area contributed by atoms with Gasteiger partial charge in [-0.3, -0.25) is 0 Å². The van der Waals surface area contributed by atoms with Crippen molar-refractivity contribution in [3.05, 3.63) is 34.2 Å². The molecule has 21 heavy (non-hydrogen) atoms. The Morgan fingerprint density at radius 3 is 2.43 bits per heavy atom. The molecule has 7 heteroatoms. The number of rotatable bonds is 2. The Kier molecular flexibility index (Phi) is 3.89.